The summed E-state index contributed by atoms with van der Waals surface area (Å²) in [4.78, 5) is 10.2. The number of amides is 1. The van der Waals surface area contributed by atoms with Gasteiger partial charge in [0.2, 0.25) is 0 Å². The van der Waals surface area contributed by atoms with Crippen molar-refractivity contribution in [2.45, 2.75) is 0 Å². The zero-order valence-corrected chi connectivity index (χ0v) is 8.81. The van der Waals surface area contributed by atoms with E-state index in [-0.39, 0.29) is 29.6 Å². The Morgan fingerprint density at radius 2 is 2.09 bits per heavy atom. The number of hydrogen-bond acceptors (Lipinski definition) is 3. The molecule has 0 radical (unpaired) electrons. The van der Waals surface area contributed by atoms with Gasteiger partial charge in [-0.2, -0.15) is 8.42 Å². The maximum Gasteiger partial charge on any atom is 1.00 e. The maximum atomic E-state index is 10.2. The van der Waals surface area contributed by atoms with Gasteiger partial charge in [-0.3, -0.25) is 11.1 Å². The van der Waals surface area contributed by atoms with Crippen LogP contribution in [-0.2, 0) is 14.9 Å². The number of carbonyl (C=O) groups is 1. The van der Waals surface area contributed by atoms with Gasteiger partial charge in [0.15, 0.2) is 0 Å². The van der Waals surface area contributed by atoms with Crippen LogP contribution in [0, 0.1) is 6.08 Å². The molecule has 2 N–H and O–H groups in total. The fraction of sp³-hybridized carbons (Fsp3) is 0.250. The second-order valence-electron chi connectivity index (χ2n) is 1.41. The first-order valence-electron chi connectivity index (χ1n) is 2.22. The molecule has 0 heterocycles. The molecule has 5 nitrogen and oxygen atoms in total. The summed E-state index contributed by atoms with van der Waals surface area (Å²) in [6.45, 7) is 2.95. The van der Waals surface area contributed by atoms with Crippen LogP contribution in [0.25, 0.3) is 0 Å². The zero-order chi connectivity index (χ0) is 8.20. The molecule has 0 aliphatic rings. The van der Waals surface area contributed by atoms with Gasteiger partial charge in [-0.15, -0.1) is 0 Å². The van der Waals surface area contributed by atoms with Crippen molar-refractivity contribution in [1.29, 1.82) is 0 Å². The summed E-state index contributed by atoms with van der Waals surface area (Å²) in [6, 6.07) is 0. The summed E-state index contributed by atoms with van der Waals surface area (Å²) in [5.74, 6) is -1.58. The Labute approximate surface area is 86.9 Å². The Kier molecular flexibility index (Phi) is 7.13. The van der Waals surface area contributed by atoms with Crippen LogP contribution in [0.2, 0.25) is 0 Å². The Morgan fingerprint density at radius 1 is 1.64 bits per heavy atom. The molecule has 0 spiro atoms. The van der Waals surface area contributed by atoms with E-state index in [1.165, 1.54) is 0 Å². The summed E-state index contributed by atoms with van der Waals surface area (Å²) in [7, 11) is -4.13. The van der Waals surface area contributed by atoms with E-state index < -0.39 is 21.9 Å². The van der Waals surface area contributed by atoms with E-state index in [0.717, 1.165) is 0 Å². The number of carbonyl (C=O) groups excluding carboxylic acids is 1. The molecule has 0 atom stereocenters. The van der Waals surface area contributed by atoms with Crippen LogP contribution >= 0.6 is 0 Å². The summed E-state index contributed by atoms with van der Waals surface area (Å²) in [6.07, 6.45) is 1.86. The Bertz CT molecular complexity index is 234. The van der Waals surface area contributed by atoms with Gasteiger partial charge < -0.3 is 16.2 Å². The molecule has 0 aromatic rings. The molecule has 0 aromatic carbocycles. The van der Waals surface area contributed by atoms with Gasteiger partial charge in [-0.25, -0.2) is 0 Å². The van der Waals surface area contributed by atoms with Gasteiger partial charge in [0, 0.05) is 0 Å². The van der Waals surface area contributed by atoms with E-state index in [4.69, 9.17) is 4.55 Å². The van der Waals surface area contributed by atoms with Crippen molar-refractivity contribution in [1.82, 2.24) is 5.32 Å². The Balaban J connectivity index is 0. The van der Waals surface area contributed by atoms with Gasteiger partial charge >= 0.3 is 29.6 Å². The summed E-state index contributed by atoms with van der Waals surface area (Å²) >= 11 is 0. The predicted octanol–water partition coefficient (Wildman–Crippen LogP) is -4.06. The molecule has 0 unspecified atom stereocenters. The second-order valence-corrected chi connectivity index (χ2v) is 2.86. The minimum absolute atomic E-state index is 0. The van der Waals surface area contributed by atoms with Crippen molar-refractivity contribution < 1.29 is 47.3 Å². The van der Waals surface area contributed by atoms with Crippen LogP contribution < -0.4 is 34.9 Å². The van der Waals surface area contributed by atoms with Crippen molar-refractivity contribution in [2.75, 3.05) is 5.88 Å². The number of nitrogens with one attached hydrogen (secondary N) is 1. The number of hydrogen-bond donors (Lipinski definition) is 2. The smallest absolute Gasteiger partial charge is 0.412 e. The van der Waals surface area contributed by atoms with Crippen molar-refractivity contribution in [2.24, 2.45) is 0 Å². The van der Waals surface area contributed by atoms with Crippen LogP contribution in [0.15, 0.2) is 6.58 Å². The molecule has 0 aromatic heterocycles. The quantitative estimate of drug-likeness (QED) is 0.204. The van der Waals surface area contributed by atoms with E-state index in [9.17, 15) is 13.2 Å². The summed E-state index contributed by atoms with van der Waals surface area (Å²) in [5, 5.41) is 1.82. The molecule has 0 saturated heterocycles. The fourth-order valence-electron chi connectivity index (χ4n) is 0.219. The van der Waals surface area contributed by atoms with Gasteiger partial charge in [-0.1, -0.05) is 0 Å². The van der Waals surface area contributed by atoms with Crippen LogP contribution in [0.1, 0.15) is 0 Å². The molecule has 58 valence electrons. The Morgan fingerprint density at radius 3 is 2.36 bits per heavy atom. The molecule has 0 aliphatic heterocycles. The average Bonchev–Trinajstić information content (AvgIpc) is 1.81. The third-order valence-electron chi connectivity index (χ3n) is 0.576. The van der Waals surface area contributed by atoms with Crippen molar-refractivity contribution in [3.63, 3.8) is 0 Å². The molecule has 0 rings (SSSR count). The minimum atomic E-state index is -4.13. The first-order valence-corrected chi connectivity index (χ1v) is 3.82. The van der Waals surface area contributed by atoms with Crippen molar-refractivity contribution in [3.05, 3.63) is 12.7 Å². The second kappa shape index (κ2) is 5.73. The molecule has 7 heteroatoms. The molecule has 0 aliphatic carbocycles. The molecule has 0 fully saturated rings. The first-order chi connectivity index (χ1) is 4.45. The molecule has 0 bridgehead atoms. The molecule has 1 amide bonds. The predicted molar refractivity (Wildman–Crippen MR) is 33.4 cm³/mol. The summed E-state index contributed by atoms with van der Waals surface area (Å²) < 4.78 is 28.0. The monoisotopic (exact) mass is 187 g/mol. The first kappa shape index (κ1) is 13.7. The van der Waals surface area contributed by atoms with Gasteiger partial charge in [0.05, 0.1) is 5.91 Å². The fourth-order valence-corrected chi connectivity index (χ4v) is 0.533. The van der Waals surface area contributed by atoms with E-state index in [2.05, 4.69) is 6.58 Å². The summed E-state index contributed by atoms with van der Waals surface area (Å²) in [5.41, 5.74) is 0. The number of rotatable bonds is 3. The normalized spacial score (nSPS) is 9.55. The topological polar surface area (TPSA) is 83.5 Å². The third kappa shape index (κ3) is 10.1. The van der Waals surface area contributed by atoms with Crippen LogP contribution in [-0.4, -0.2) is 24.8 Å². The zero-order valence-electron chi connectivity index (χ0n) is 5.99. The van der Waals surface area contributed by atoms with E-state index in [1.807, 2.05) is 11.4 Å². The van der Waals surface area contributed by atoms with E-state index >= 15 is 0 Å². The van der Waals surface area contributed by atoms with Crippen molar-refractivity contribution >= 4 is 16.0 Å². The SMILES string of the molecule is C=[C-]C(=O)NCS(=O)(=O)O.[Na+]. The molecular formula is C4H6NNaO4S. The van der Waals surface area contributed by atoms with Crippen LogP contribution in [0.5, 0.6) is 0 Å². The average molecular weight is 187 g/mol. The third-order valence-corrected chi connectivity index (χ3v) is 1.08. The van der Waals surface area contributed by atoms with Crippen molar-refractivity contribution in [3.8, 4) is 0 Å². The van der Waals surface area contributed by atoms with Gasteiger partial charge in [-0.05, 0) is 0 Å². The van der Waals surface area contributed by atoms with Gasteiger partial charge in [0.25, 0.3) is 10.1 Å². The van der Waals surface area contributed by atoms with Gasteiger partial charge in [0.1, 0.15) is 5.88 Å². The molecule has 0 saturated carbocycles. The largest absolute Gasteiger partial charge is 1.00 e. The maximum absolute atomic E-state index is 10.2. The van der Waals surface area contributed by atoms with Crippen LogP contribution in [0.3, 0.4) is 0 Å². The van der Waals surface area contributed by atoms with E-state index in [1.54, 1.807) is 0 Å². The van der Waals surface area contributed by atoms with E-state index in [0.29, 0.717) is 0 Å². The minimum Gasteiger partial charge on any atom is -0.412 e. The standard InChI is InChI=1S/C4H6NO4S.Na/c1-2-4(6)5-3-10(7,8)9;/h1,3H2,(H,5,6)(H,7,8,9);/q-1;+1. The molecule has 11 heavy (non-hydrogen) atoms. The Hall–Kier alpha value is 0.120. The molecular weight excluding hydrogens is 181 g/mol. The van der Waals surface area contributed by atoms with Crippen LogP contribution in [0.4, 0.5) is 0 Å².